The zero-order valence-corrected chi connectivity index (χ0v) is 17.6. The maximum absolute atomic E-state index is 10.9. The van der Waals surface area contributed by atoms with E-state index >= 15 is 0 Å². The topological polar surface area (TPSA) is 110 Å². The molecule has 0 heterocycles. The van der Waals surface area contributed by atoms with Crippen molar-refractivity contribution in [2.45, 2.75) is 103 Å². The molecule has 0 aliphatic heterocycles. The quantitative estimate of drug-likeness (QED) is 0.218. The van der Waals surface area contributed by atoms with Crippen LogP contribution in [0.5, 0.6) is 0 Å². The molecule has 0 saturated carbocycles. The summed E-state index contributed by atoms with van der Waals surface area (Å²) in [5.41, 5.74) is 0.388. The predicted octanol–water partition coefficient (Wildman–Crippen LogP) is 2.68. The Morgan fingerprint density at radius 2 is 1.44 bits per heavy atom. The number of amides is 1. The molecule has 0 aliphatic rings. The van der Waals surface area contributed by atoms with Crippen molar-refractivity contribution in [3.8, 4) is 0 Å². The van der Waals surface area contributed by atoms with Crippen LogP contribution in [0.25, 0.3) is 0 Å². The van der Waals surface area contributed by atoms with Crippen LogP contribution in [0, 0.1) is 0 Å². The van der Waals surface area contributed by atoms with E-state index in [0.29, 0.717) is 12.0 Å². The maximum Gasteiger partial charge on any atom is 0.219 e. The molecule has 0 bridgehead atoms. The Hall–Kier alpha value is -0.950. The molecule has 27 heavy (non-hydrogen) atoms. The molecule has 0 fully saturated rings. The van der Waals surface area contributed by atoms with Crippen LogP contribution in [0.15, 0.2) is 12.2 Å². The van der Waals surface area contributed by atoms with Gasteiger partial charge in [0.2, 0.25) is 5.91 Å². The molecule has 5 N–H and O–H groups in total. The number of carbonyl (C=O) groups excluding carboxylic acids is 1. The summed E-state index contributed by atoms with van der Waals surface area (Å²) in [6, 6.07) is 0. The Morgan fingerprint density at radius 3 is 1.85 bits per heavy atom. The molecule has 0 radical (unpaired) electrons. The predicted molar refractivity (Wildman–Crippen MR) is 110 cm³/mol. The molecule has 162 valence electrons. The number of hydrogen-bond donors (Lipinski definition) is 5. The van der Waals surface area contributed by atoms with Crippen LogP contribution in [0.4, 0.5) is 0 Å². The van der Waals surface area contributed by atoms with E-state index in [9.17, 15) is 15.0 Å². The van der Waals surface area contributed by atoms with Crippen molar-refractivity contribution >= 4 is 5.91 Å². The van der Waals surface area contributed by atoms with Gasteiger partial charge in [-0.15, -0.1) is 0 Å². The average molecular weight is 390 g/mol. The summed E-state index contributed by atoms with van der Waals surface area (Å²) < 4.78 is 0. The fourth-order valence-corrected chi connectivity index (χ4v) is 2.53. The normalized spacial score (nSPS) is 13.9. The van der Waals surface area contributed by atoms with Crippen molar-refractivity contribution in [1.29, 1.82) is 0 Å². The SMILES string of the molecule is C=C(C)C(O)C(O)C(O)CCO.CCCCCCCCCCCC(=O)NC. The molecule has 0 rings (SSSR count). The van der Waals surface area contributed by atoms with Crippen LogP contribution in [0.3, 0.4) is 0 Å². The lowest BCUT2D eigenvalue weighted by Gasteiger charge is -2.22. The first-order valence-electron chi connectivity index (χ1n) is 10.3. The Kier molecular flexibility index (Phi) is 20.7. The van der Waals surface area contributed by atoms with E-state index in [1.54, 1.807) is 14.0 Å². The minimum absolute atomic E-state index is 0.0471. The Labute approximate surface area is 165 Å². The van der Waals surface area contributed by atoms with Gasteiger partial charge in [0.1, 0.15) is 12.2 Å². The molecule has 0 aliphatic carbocycles. The van der Waals surface area contributed by atoms with Crippen LogP contribution in [-0.2, 0) is 4.79 Å². The lowest BCUT2D eigenvalue weighted by Crippen LogP contribution is -2.38. The second-order valence-corrected chi connectivity index (χ2v) is 7.11. The van der Waals surface area contributed by atoms with E-state index in [0.717, 1.165) is 6.42 Å². The van der Waals surface area contributed by atoms with Gasteiger partial charge in [0, 0.05) is 20.1 Å². The van der Waals surface area contributed by atoms with Gasteiger partial charge >= 0.3 is 0 Å². The van der Waals surface area contributed by atoms with Crippen molar-refractivity contribution in [1.82, 2.24) is 5.32 Å². The number of rotatable bonds is 15. The van der Waals surface area contributed by atoms with Gasteiger partial charge in [0.25, 0.3) is 0 Å². The molecule has 0 spiro atoms. The summed E-state index contributed by atoms with van der Waals surface area (Å²) in [6.45, 7) is 7.02. The summed E-state index contributed by atoms with van der Waals surface area (Å²) in [4.78, 5) is 10.9. The Bertz CT molecular complexity index is 362. The number of nitrogens with one attached hydrogen (secondary N) is 1. The van der Waals surface area contributed by atoms with Gasteiger partial charge in [-0.1, -0.05) is 64.9 Å². The fraction of sp³-hybridized carbons (Fsp3) is 0.857. The van der Waals surface area contributed by atoms with Crippen LogP contribution in [0.1, 0.15) is 84.5 Å². The highest BCUT2D eigenvalue weighted by atomic mass is 16.4. The third kappa shape index (κ3) is 18.2. The standard InChI is InChI=1S/C13H27NO.C8H16O4/c1-3-4-5-6-7-8-9-10-11-12-13(15)14-2;1-5(2)7(11)8(12)6(10)3-4-9/h3-12H2,1-2H3,(H,14,15);6-12H,1,3-4H2,2H3. The molecule has 0 aromatic heterocycles. The first-order chi connectivity index (χ1) is 12.8. The Morgan fingerprint density at radius 1 is 0.963 bits per heavy atom. The summed E-state index contributed by atoms with van der Waals surface area (Å²) >= 11 is 0. The highest BCUT2D eigenvalue weighted by Crippen LogP contribution is 2.10. The molecule has 1 amide bonds. The lowest BCUT2D eigenvalue weighted by molar-refractivity contribution is -0.120. The third-order valence-electron chi connectivity index (χ3n) is 4.43. The minimum Gasteiger partial charge on any atom is -0.396 e. The largest absolute Gasteiger partial charge is 0.396 e. The average Bonchev–Trinajstić information content (AvgIpc) is 2.65. The van der Waals surface area contributed by atoms with Crippen LogP contribution >= 0.6 is 0 Å². The number of aliphatic hydroxyl groups is 4. The van der Waals surface area contributed by atoms with Gasteiger partial charge in [-0.25, -0.2) is 0 Å². The second kappa shape index (κ2) is 19.8. The van der Waals surface area contributed by atoms with E-state index in [4.69, 9.17) is 10.2 Å². The molecule has 6 heteroatoms. The smallest absolute Gasteiger partial charge is 0.219 e. The zero-order chi connectivity index (χ0) is 21.1. The van der Waals surface area contributed by atoms with E-state index in [2.05, 4.69) is 18.8 Å². The molecule has 0 saturated heterocycles. The van der Waals surface area contributed by atoms with Crippen LogP contribution < -0.4 is 5.32 Å². The minimum atomic E-state index is -1.27. The monoisotopic (exact) mass is 389 g/mol. The van der Waals surface area contributed by atoms with Gasteiger partial charge in [0.05, 0.1) is 6.10 Å². The zero-order valence-electron chi connectivity index (χ0n) is 17.6. The number of carbonyl (C=O) groups is 1. The third-order valence-corrected chi connectivity index (χ3v) is 4.43. The summed E-state index contributed by atoms with van der Waals surface area (Å²) in [5.74, 6) is 0.179. The first kappa shape index (κ1) is 28.3. The van der Waals surface area contributed by atoms with E-state index in [-0.39, 0.29) is 18.9 Å². The van der Waals surface area contributed by atoms with E-state index in [1.807, 2.05) is 0 Å². The van der Waals surface area contributed by atoms with Gasteiger partial charge in [-0.2, -0.15) is 0 Å². The number of unbranched alkanes of at least 4 members (excludes halogenated alkanes) is 8. The van der Waals surface area contributed by atoms with Crippen LogP contribution in [0.2, 0.25) is 0 Å². The van der Waals surface area contributed by atoms with Crippen LogP contribution in [-0.4, -0.2) is 58.3 Å². The number of aliphatic hydroxyl groups excluding tert-OH is 4. The fourth-order valence-electron chi connectivity index (χ4n) is 2.53. The van der Waals surface area contributed by atoms with Gasteiger partial charge in [0.15, 0.2) is 0 Å². The summed E-state index contributed by atoms with van der Waals surface area (Å²) in [5, 5.41) is 38.6. The molecule has 0 aromatic rings. The van der Waals surface area contributed by atoms with Crippen molar-refractivity contribution in [3.63, 3.8) is 0 Å². The molecular weight excluding hydrogens is 346 g/mol. The van der Waals surface area contributed by atoms with Crippen molar-refractivity contribution in [2.75, 3.05) is 13.7 Å². The number of hydrogen-bond acceptors (Lipinski definition) is 5. The highest BCUT2D eigenvalue weighted by Gasteiger charge is 2.24. The molecule has 6 nitrogen and oxygen atoms in total. The first-order valence-corrected chi connectivity index (χ1v) is 10.3. The Balaban J connectivity index is 0. The van der Waals surface area contributed by atoms with E-state index < -0.39 is 18.3 Å². The van der Waals surface area contributed by atoms with E-state index in [1.165, 1.54) is 51.4 Å². The molecule has 0 aromatic carbocycles. The van der Waals surface area contributed by atoms with Crippen molar-refractivity contribution in [2.24, 2.45) is 0 Å². The highest BCUT2D eigenvalue weighted by molar-refractivity contribution is 5.75. The molecule has 3 unspecified atom stereocenters. The van der Waals surface area contributed by atoms with Gasteiger partial charge in [-0.05, 0) is 25.3 Å². The second-order valence-electron chi connectivity index (χ2n) is 7.11. The van der Waals surface area contributed by atoms with Gasteiger partial charge in [-0.3, -0.25) is 4.79 Å². The molecule has 3 atom stereocenters. The summed E-state index contributed by atoms with van der Waals surface area (Å²) in [7, 11) is 1.70. The van der Waals surface area contributed by atoms with Gasteiger partial charge < -0.3 is 25.7 Å². The molecular formula is C21H43NO5. The maximum atomic E-state index is 10.9. The van der Waals surface area contributed by atoms with Crippen molar-refractivity contribution in [3.05, 3.63) is 12.2 Å². The lowest BCUT2D eigenvalue weighted by atomic mass is 10.0. The summed E-state index contributed by atoms with van der Waals surface area (Å²) in [6.07, 6.45) is 9.01. The van der Waals surface area contributed by atoms with Crippen molar-refractivity contribution < 1.29 is 25.2 Å².